The number of nitrogens with one attached hydrogen (secondary N) is 1. The highest BCUT2D eigenvalue weighted by atomic mass is 19.4. The molecule has 90 valence electrons. The molecule has 1 aliphatic heterocycles. The Morgan fingerprint density at radius 2 is 2.31 bits per heavy atom. The Balaban J connectivity index is 2.51. The molecule has 7 heteroatoms. The van der Waals surface area contributed by atoms with E-state index in [-0.39, 0.29) is 18.7 Å². The van der Waals surface area contributed by atoms with E-state index in [9.17, 15) is 18.3 Å². The molecule has 16 heavy (non-hydrogen) atoms. The Morgan fingerprint density at radius 1 is 1.62 bits per heavy atom. The summed E-state index contributed by atoms with van der Waals surface area (Å²) in [5.74, 6) is 0. The minimum atomic E-state index is -4.50. The van der Waals surface area contributed by atoms with Crippen molar-refractivity contribution < 1.29 is 18.3 Å². The van der Waals surface area contributed by atoms with Gasteiger partial charge in [-0.1, -0.05) is 0 Å². The molecular formula is C9H12F3N3O. The van der Waals surface area contributed by atoms with Crippen molar-refractivity contribution in [1.82, 2.24) is 15.1 Å². The molecule has 1 fully saturated rings. The SMILES string of the molecule is Cn1cc(C2(C(F)(F)F)CNCC2O)cn1. The zero-order valence-corrected chi connectivity index (χ0v) is 8.62. The lowest BCUT2D eigenvalue weighted by atomic mass is 9.78. The number of β-amino-alcohol motifs (C(OH)–C–C–N with tert-alkyl or cyclic N) is 1. The summed E-state index contributed by atoms with van der Waals surface area (Å²) >= 11 is 0. The van der Waals surface area contributed by atoms with Gasteiger partial charge in [-0.2, -0.15) is 18.3 Å². The van der Waals surface area contributed by atoms with E-state index in [4.69, 9.17) is 0 Å². The van der Waals surface area contributed by atoms with E-state index in [2.05, 4.69) is 10.4 Å². The number of aryl methyl sites for hydroxylation is 1. The third-order valence-corrected chi connectivity index (χ3v) is 3.04. The molecule has 2 rings (SSSR count). The van der Waals surface area contributed by atoms with E-state index in [0.717, 1.165) is 6.20 Å². The van der Waals surface area contributed by atoms with Crippen molar-refractivity contribution in [1.29, 1.82) is 0 Å². The number of nitrogens with zero attached hydrogens (tertiary/aromatic N) is 2. The molecule has 0 bridgehead atoms. The summed E-state index contributed by atoms with van der Waals surface area (Å²) in [4.78, 5) is 0. The van der Waals surface area contributed by atoms with Crippen LogP contribution < -0.4 is 5.32 Å². The highest BCUT2D eigenvalue weighted by Crippen LogP contribution is 2.45. The zero-order chi connectivity index (χ0) is 12.0. The van der Waals surface area contributed by atoms with Crippen molar-refractivity contribution in [2.75, 3.05) is 13.1 Å². The standard InChI is InChI=1S/C9H12F3N3O/c1-15-4-6(2-14-15)8(9(10,11)12)5-13-3-7(8)16/h2,4,7,13,16H,3,5H2,1H3. The van der Waals surface area contributed by atoms with Crippen LogP contribution in [0, 0.1) is 0 Å². The number of rotatable bonds is 1. The first kappa shape index (κ1) is 11.4. The number of aliphatic hydroxyl groups excluding tert-OH is 1. The number of halogens is 3. The number of hydrogen-bond acceptors (Lipinski definition) is 3. The van der Waals surface area contributed by atoms with Gasteiger partial charge in [0.05, 0.1) is 12.3 Å². The molecule has 1 saturated heterocycles. The van der Waals surface area contributed by atoms with Crippen molar-refractivity contribution in [2.45, 2.75) is 17.7 Å². The van der Waals surface area contributed by atoms with Crippen LogP contribution in [-0.2, 0) is 12.5 Å². The molecule has 2 unspecified atom stereocenters. The third kappa shape index (κ3) is 1.42. The van der Waals surface area contributed by atoms with Crippen LogP contribution in [0.25, 0.3) is 0 Å². The van der Waals surface area contributed by atoms with Crippen LogP contribution >= 0.6 is 0 Å². The van der Waals surface area contributed by atoms with Crippen LogP contribution in [-0.4, -0.2) is 40.3 Å². The molecule has 4 nitrogen and oxygen atoms in total. The van der Waals surface area contributed by atoms with Crippen molar-refractivity contribution >= 4 is 0 Å². The van der Waals surface area contributed by atoms with Crippen LogP contribution in [0.2, 0.25) is 0 Å². The second kappa shape index (κ2) is 3.46. The molecule has 1 aliphatic rings. The minimum absolute atomic E-state index is 0.000000000000000666. The molecule has 1 aromatic heterocycles. The lowest BCUT2D eigenvalue weighted by Gasteiger charge is -2.32. The van der Waals surface area contributed by atoms with Crippen LogP contribution in [0.5, 0.6) is 0 Å². The number of aliphatic hydroxyl groups is 1. The van der Waals surface area contributed by atoms with E-state index in [1.807, 2.05) is 0 Å². The summed E-state index contributed by atoms with van der Waals surface area (Å²) in [6, 6.07) is 0. The van der Waals surface area contributed by atoms with Crippen LogP contribution in [0.1, 0.15) is 5.56 Å². The fourth-order valence-electron chi connectivity index (χ4n) is 2.10. The van der Waals surface area contributed by atoms with Gasteiger partial charge in [-0.3, -0.25) is 4.68 Å². The van der Waals surface area contributed by atoms with Gasteiger partial charge in [0.15, 0.2) is 0 Å². The van der Waals surface area contributed by atoms with Crippen LogP contribution in [0.4, 0.5) is 13.2 Å². The van der Waals surface area contributed by atoms with E-state index in [0.29, 0.717) is 0 Å². The summed E-state index contributed by atoms with van der Waals surface area (Å²) in [7, 11) is 1.54. The maximum absolute atomic E-state index is 13.1. The van der Waals surface area contributed by atoms with E-state index < -0.39 is 17.7 Å². The van der Waals surface area contributed by atoms with Crippen molar-refractivity contribution in [3.63, 3.8) is 0 Å². The molecule has 0 aromatic carbocycles. The van der Waals surface area contributed by atoms with Gasteiger partial charge in [-0.15, -0.1) is 0 Å². The Labute approximate surface area is 90.1 Å². The van der Waals surface area contributed by atoms with Gasteiger partial charge in [0.1, 0.15) is 5.41 Å². The second-order valence-corrected chi connectivity index (χ2v) is 4.02. The zero-order valence-electron chi connectivity index (χ0n) is 8.62. The van der Waals surface area contributed by atoms with E-state index >= 15 is 0 Å². The summed E-state index contributed by atoms with van der Waals surface area (Å²) in [6.45, 7) is -0.377. The summed E-state index contributed by atoms with van der Waals surface area (Å²) in [5, 5.41) is 15.9. The first-order valence-electron chi connectivity index (χ1n) is 4.82. The van der Waals surface area contributed by atoms with Gasteiger partial charge in [-0.05, 0) is 0 Å². The second-order valence-electron chi connectivity index (χ2n) is 4.02. The van der Waals surface area contributed by atoms with Crippen molar-refractivity contribution in [3.8, 4) is 0 Å². The maximum Gasteiger partial charge on any atom is 0.402 e. The summed E-state index contributed by atoms with van der Waals surface area (Å²) in [6.07, 6.45) is -3.52. The van der Waals surface area contributed by atoms with Gasteiger partial charge in [0.25, 0.3) is 0 Å². The van der Waals surface area contributed by atoms with Crippen molar-refractivity contribution in [3.05, 3.63) is 18.0 Å². The van der Waals surface area contributed by atoms with Crippen molar-refractivity contribution in [2.24, 2.45) is 7.05 Å². The summed E-state index contributed by atoms with van der Waals surface area (Å²) < 4.78 is 40.7. The molecule has 0 spiro atoms. The average Bonchev–Trinajstić information content (AvgIpc) is 2.71. The lowest BCUT2D eigenvalue weighted by molar-refractivity contribution is -0.205. The maximum atomic E-state index is 13.1. The smallest absolute Gasteiger partial charge is 0.390 e. The molecular weight excluding hydrogens is 223 g/mol. The molecule has 1 aromatic rings. The van der Waals surface area contributed by atoms with Crippen LogP contribution in [0.15, 0.2) is 12.4 Å². The Hall–Kier alpha value is -1.08. The van der Waals surface area contributed by atoms with E-state index in [1.165, 1.54) is 10.9 Å². The van der Waals surface area contributed by atoms with Gasteiger partial charge in [0, 0.05) is 31.9 Å². The number of aromatic nitrogens is 2. The predicted molar refractivity (Wildman–Crippen MR) is 49.8 cm³/mol. The van der Waals surface area contributed by atoms with Gasteiger partial charge < -0.3 is 10.4 Å². The van der Waals surface area contributed by atoms with Gasteiger partial charge in [0.2, 0.25) is 0 Å². The Morgan fingerprint density at radius 3 is 2.69 bits per heavy atom. The Bertz CT molecular complexity index is 390. The largest absolute Gasteiger partial charge is 0.402 e. The third-order valence-electron chi connectivity index (χ3n) is 3.04. The lowest BCUT2D eigenvalue weighted by Crippen LogP contribution is -2.51. The molecule has 2 atom stereocenters. The minimum Gasteiger partial charge on any atom is -0.390 e. The summed E-state index contributed by atoms with van der Waals surface area (Å²) in [5.41, 5.74) is -2.23. The highest BCUT2D eigenvalue weighted by Gasteiger charge is 2.62. The van der Waals surface area contributed by atoms with Gasteiger partial charge in [-0.25, -0.2) is 0 Å². The normalized spacial score (nSPS) is 30.9. The van der Waals surface area contributed by atoms with E-state index in [1.54, 1.807) is 7.05 Å². The average molecular weight is 235 g/mol. The van der Waals surface area contributed by atoms with Crippen LogP contribution in [0.3, 0.4) is 0 Å². The molecule has 2 N–H and O–H groups in total. The van der Waals surface area contributed by atoms with Gasteiger partial charge >= 0.3 is 6.18 Å². The molecule has 0 aliphatic carbocycles. The first-order valence-corrected chi connectivity index (χ1v) is 4.82. The number of hydrogen-bond donors (Lipinski definition) is 2. The molecule has 0 amide bonds. The fourth-order valence-corrected chi connectivity index (χ4v) is 2.10. The first-order chi connectivity index (χ1) is 7.38. The topological polar surface area (TPSA) is 50.1 Å². The molecule has 0 saturated carbocycles. The molecule has 2 heterocycles. The predicted octanol–water partition coefficient (Wildman–Crippen LogP) is 0.184. The monoisotopic (exact) mass is 235 g/mol. The Kier molecular flexibility index (Phi) is 2.47. The quantitative estimate of drug-likeness (QED) is 0.730. The molecule has 0 radical (unpaired) electrons. The highest BCUT2D eigenvalue weighted by molar-refractivity contribution is 5.28. The number of alkyl halides is 3. The fraction of sp³-hybridized carbons (Fsp3) is 0.667.